The number of carboxylic acids is 1. The SMILES string of the molecule is O=C1CCN(c2c(F)cc(N3C[C@H](C(=O)O)OC3=O)cc2F)CCN1. The zero-order chi connectivity index (χ0) is 18.1. The molecule has 0 aliphatic carbocycles. The fraction of sp³-hybridized carbons (Fsp3) is 0.400. The van der Waals surface area contributed by atoms with Gasteiger partial charge in [-0.2, -0.15) is 0 Å². The third-order valence-electron chi connectivity index (χ3n) is 4.03. The Morgan fingerprint density at radius 2 is 1.92 bits per heavy atom. The molecule has 1 aromatic carbocycles. The van der Waals surface area contributed by atoms with Crippen LogP contribution in [0.2, 0.25) is 0 Å². The van der Waals surface area contributed by atoms with Crippen LogP contribution in [0.5, 0.6) is 0 Å². The zero-order valence-corrected chi connectivity index (χ0v) is 13.0. The van der Waals surface area contributed by atoms with Gasteiger partial charge < -0.3 is 20.1 Å². The van der Waals surface area contributed by atoms with E-state index in [-0.39, 0.29) is 49.9 Å². The molecule has 0 bridgehead atoms. The first-order valence-corrected chi connectivity index (χ1v) is 7.58. The van der Waals surface area contributed by atoms with E-state index in [1.807, 2.05) is 0 Å². The lowest BCUT2D eigenvalue weighted by Gasteiger charge is -2.24. The van der Waals surface area contributed by atoms with Gasteiger partial charge in [-0.25, -0.2) is 18.4 Å². The molecule has 2 aliphatic rings. The van der Waals surface area contributed by atoms with Gasteiger partial charge in [0.2, 0.25) is 12.0 Å². The Kier molecular flexibility index (Phi) is 4.43. The van der Waals surface area contributed by atoms with E-state index in [0.29, 0.717) is 0 Å². The average molecular weight is 355 g/mol. The summed E-state index contributed by atoms with van der Waals surface area (Å²) < 4.78 is 33.6. The quantitative estimate of drug-likeness (QED) is 0.828. The van der Waals surface area contributed by atoms with Crippen molar-refractivity contribution in [1.82, 2.24) is 5.32 Å². The molecule has 2 heterocycles. The van der Waals surface area contributed by atoms with Crippen molar-refractivity contribution in [2.45, 2.75) is 12.5 Å². The van der Waals surface area contributed by atoms with Crippen LogP contribution in [0.25, 0.3) is 0 Å². The highest BCUT2D eigenvalue weighted by molar-refractivity contribution is 5.94. The zero-order valence-electron chi connectivity index (χ0n) is 13.0. The Morgan fingerprint density at radius 1 is 1.24 bits per heavy atom. The Bertz CT molecular complexity index is 719. The topological polar surface area (TPSA) is 99.2 Å². The Morgan fingerprint density at radius 3 is 2.52 bits per heavy atom. The van der Waals surface area contributed by atoms with Gasteiger partial charge in [-0.3, -0.25) is 9.69 Å². The molecule has 1 atom stereocenters. The van der Waals surface area contributed by atoms with Crippen LogP contribution in [-0.2, 0) is 14.3 Å². The van der Waals surface area contributed by atoms with Gasteiger partial charge in [0.25, 0.3) is 0 Å². The third kappa shape index (κ3) is 3.32. The summed E-state index contributed by atoms with van der Waals surface area (Å²) in [5.41, 5.74) is -0.417. The van der Waals surface area contributed by atoms with E-state index in [1.165, 1.54) is 4.90 Å². The Balaban J connectivity index is 1.86. The summed E-state index contributed by atoms with van der Waals surface area (Å²) in [4.78, 5) is 36.2. The molecular weight excluding hydrogens is 340 g/mol. The van der Waals surface area contributed by atoms with Crippen molar-refractivity contribution >= 4 is 29.3 Å². The number of rotatable bonds is 3. The van der Waals surface area contributed by atoms with Crippen molar-refractivity contribution in [2.24, 2.45) is 0 Å². The Hall–Kier alpha value is -2.91. The van der Waals surface area contributed by atoms with Crippen molar-refractivity contribution in [3.63, 3.8) is 0 Å². The number of ether oxygens (including phenoxy) is 1. The lowest BCUT2D eigenvalue weighted by Crippen LogP contribution is -2.30. The number of hydrogen-bond donors (Lipinski definition) is 2. The molecule has 0 radical (unpaired) electrons. The number of nitrogens with one attached hydrogen (secondary N) is 1. The first-order valence-electron chi connectivity index (χ1n) is 7.58. The number of carboxylic acid groups (broad SMARTS) is 1. The van der Waals surface area contributed by atoms with E-state index in [2.05, 4.69) is 10.1 Å². The number of hydrogen-bond acceptors (Lipinski definition) is 5. The standard InChI is InChI=1S/C15H15F2N3O5/c16-9-5-8(20-7-11(14(22)23)25-15(20)24)6-10(17)13(9)19-3-1-12(21)18-2-4-19/h5-6,11H,1-4,7H2,(H,18,21)(H,22,23)/t11-/m1/s1. The van der Waals surface area contributed by atoms with Crippen LogP contribution in [0, 0.1) is 11.6 Å². The number of amides is 2. The van der Waals surface area contributed by atoms with E-state index in [9.17, 15) is 23.2 Å². The molecule has 8 nitrogen and oxygen atoms in total. The molecule has 134 valence electrons. The largest absolute Gasteiger partial charge is 0.478 e. The van der Waals surface area contributed by atoms with Crippen LogP contribution >= 0.6 is 0 Å². The fourth-order valence-electron chi connectivity index (χ4n) is 2.80. The molecule has 0 saturated carbocycles. The molecule has 0 unspecified atom stereocenters. The van der Waals surface area contributed by atoms with E-state index < -0.39 is 29.8 Å². The van der Waals surface area contributed by atoms with Crippen molar-refractivity contribution in [2.75, 3.05) is 36.0 Å². The van der Waals surface area contributed by atoms with E-state index in [0.717, 1.165) is 17.0 Å². The summed E-state index contributed by atoms with van der Waals surface area (Å²) in [6.07, 6.45) is -2.26. The smallest absolute Gasteiger partial charge is 0.415 e. The van der Waals surface area contributed by atoms with Gasteiger partial charge in [0.15, 0.2) is 11.6 Å². The number of nitrogens with zero attached hydrogens (tertiary/aromatic N) is 2. The number of carbonyl (C=O) groups is 3. The van der Waals surface area contributed by atoms with Crippen LogP contribution in [0.1, 0.15) is 6.42 Å². The summed E-state index contributed by atoms with van der Waals surface area (Å²) in [5, 5.41) is 11.5. The number of benzene rings is 1. The minimum atomic E-state index is -1.39. The highest BCUT2D eigenvalue weighted by Crippen LogP contribution is 2.31. The summed E-state index contributed by atoms with van der Waals surface area (Å²) in [6, 6.07) is 1.90. The third-order valence-corrected chi connectivity index (χ3v) is 4.03. The molecule has 2 saturated heterocycles. The summed E-state index contributed by atoms with van der Waals surface area (Å²) in [5.74, 6) is -3.35. The molecule has 0 spiro atoms. The molecule has 2 fully saturated rings. The van der Waals surface area contributed by atoms with Crippen molar-refractivity contribution < 1.29 is 33.0 Å². The van der Waals surface area contributed by atoms with Crippen molar-refractivity contribution in [1.29, 1.82) is 0 Å². The van der Waals surface area contributed by atoms with Gasteiger partial charge in [0.1, 0.15) is 5.69 Å². The van der Waals surface area contributed by atoms with Crippen LogP contribution < -0.4 is 15.1 Å². The van der Waals surface area contributed by atoms with Crippen LogP contribution in [0.3, 0.4) is 0 Å². The molecule has 2 amide bonds. The van der Waals surface area contributed by atoms with E-state index in [4.69, 9.17) is 5.11 Å². The Labute approximate surface area is 140 Å². The van der Waals surface area contributed by atoms with E-state index in [1.54, 1.807) is 0 Å². The summed E-state index contributed by atoms with van der Waals surface area (Å²) in [7, 11) is 0. The molecule has 3 rings (SSSR count). The first-order chi connectivity index (χ1) is 11.9. The molecular formula is C15H15F2N3O5. The molecule has 2 aliphatic heterocycles. The maximum Gasteiger partial charge on any atom is 0.415 e. The maximum absolute atomic E-state index is 14.5. The number of halogens is 2. The minimum absolute atomic E-state index is 0.110. The van der Waals surface area contributed by atoms with Crippen LogP contribution in [0.15, 0.2) is 12.1 Å². The second-order valence-corrected chi connectivity index (χ2v) is 5.67. The highest BCUT2D eigenvalue weighted by Gasteiger charge is 2.37. The first kappa shape index (κ1) is 16.9. The lowest BCUT2D eigenvalue weighted by atomic mass is 10.2. The molecule has 2 N–H and O–H groups in total. The monoisotopic (exact) mass is 355 g/mol. The van der Waals surface area contributed by atoms with Crippen LogP contribution in [0.4, 0.5) is 25.0 Å². The van der Waals surface area contributed by atoms with Crippen molar-refractivity contribution in [3.05, 3.63) is 23.8 Å². The summed E-state index contributed by atoms with van der Waals surface area (Å²) >= 11 is 0. The molecule has 0 aromatic heterocycles. The predicted molar refractivity (Wildman–Crippen MR) is 81.4 cm³/mol. The maximum atomic E-state index is 14.5. The average Bonchev–Trinajstić information content (AvgIpc) is 2.81. The normalized spacial score (nSPS) is 21.0. The lowest BCUT2D eigenvalue weighted by molar-refractivity contribution is -0.144. The minimum Gasteiger partial charge on any atom is -0.478 e. The highest BCUT2D eigenvalue weighted by atomic mass is 19.1. The predicted octanol–water partition coefficient (Wildman–Crippen LogP) is 0.701. The fourth-order valence-corrected chi connectivity index (χ4v) is 2.80. The van der Waals surface area contributed by atoms with Gasteiger partial charge >= 0.3 is 12.1 Å². The summed E-state index contributed by atoms with van der Waals surface area (Å²) in [6.45, 7) is 0.324. The molecule has 25 heavy (non-hydrogen) atoms. The van der Waals surface area contributed by atoms with Crippen LogP contribution in [-0.4, -0.2) is 55.4 Å². The van der Waals surface area contributed by atoms with Crippen molar-refractivity contribution in [3.8, 4) is 0 Å². The number of cyclic esters (lactones) is 1. The van der Waals surface area contributed by atoms with Gasteiger partial charge in [-0.15, -0.1) is 0 Å². The van der Waals surface area contributed by atoms with Gasteiger partial charge in [-0.1, -0.05) is 0 Å². The number of anilines is 2. The van der Waals surface area contributed by atoms with E-state index >= 15 is 0 Å². The number of carbonyl (C=O) groups excluding carboxylic acids is 2. The second-order valence-electron chi connectivity index (χ2n) is 5.67. The molecule has 10 heteroatoms. The van der Waals surface area contributed by atoms with Gasteiger partial charge in [-0.05, 0) is 0 Å². The van der Waals surface area contributed by atoms with Gasteiger partial charge in [0.05, 0.1) is 12.2 Å². The molecule has 1 aromatic rings. The van der Waals surface area contributed by atoms with Gasteiger partial charge in [0, 0.05) is 38.2 Å². The number of aliphatic carboxylic acids is 1. The second kappa shape index (κ2) is 6.54.